The highest BCUT2D eigenvalue weighted by Crippen LogP contribution is 2.48. The fourth-order valence-corrected chi connectivity index (χ4v) is 5.46. The maximum absolute atomic E-state index is 14.7. The third-order valence-electron chi connectivity index (χ3n) is 7.43. The van der Waals surface area contributed by atoms with Gasteiger partial charge in [-0.25, -0.2) is 9.78 Å². The van der Waals surface area contributed by atoms with E-state index in [1.165, 1.54) is 36.4 Å². The second-order valence-electron chi connectivity index (χ2n) is 10.3. The number of aliphatic hydroxyl groups is 1. The van der Waals surface area contributed by atoms with Crippen molar-refractivity contribution in [1.82, 2.24) is 10.3 Å². The third kappa shape index (κ3) is 7.22. The van der Waals surface area contributed by atoms with Crippen LogP contribution in [-0.4, -0.2) is 40.4 Å². The molecule has 0 aliphatic carbocycles. The number of aromatic nitrogens is 1. The maximum atomic E-state index is 14.7. The Morgan fingerprint density at radius 3 is 1.78 bits per heavy atom. The van der Waals surface area contributed by atoms with Crippen molar-refractivity contribution in [3.63, 3.8) is 0 Å². The summed E-state index contributed by atoms with van der Waals surface area (Å²) in [5.74, 6) is -3.08. The molecule has 1 saturated heterocycles. The molecule has 1 unspecified atom stereocenters. The van der Waals surface area contributed by atoms with E-state index in [1.54, 1.807) is 30.3 Å². The van der Waals surface area contributed by atoms with E-state index in [0.717, 1.165) is 12.1 Å². The highest BCUT2D eigenvalue weighted by atomic mass is 19.4. The molecular weight excluding hydrogens is 619 g/mol. The molecule has 2 heterocycles. The van der Waals surface area contributed by atoms with Gasteiger partial charge in [-0.2, -0.15) is 39.5 Å². The van der Waals surface area contributed by atoms with Crippen molar-refractivity contribution < 1.29 is 54.5 Å². The van der Waals surface area contributed by atoms with Crippen molar-refractivity contribution in [2.45, 2.75) is 37.0 Å². The summed E-state index contributed by atoms with van der Waals surface area (Å²) in [6.45, 7) is 1.24. The number of aliphatic carboxylic acids is 1. The number of nitrogens with one attached hydrogen (secondary N) is 1. The van der Waals surface area contributed by atoms with Crippen LogP contribution in [0.15, 0.2) is 78.9 Å². The lowest BCUT2D eigenvalue weighted by Gasteiger charge is -2.40. The molecular formula is C31H25F9N2O3. The summed E-state index contributed by atoms with van der Waals surface area (Å²) in [4.78, 5) is 12.6. The Morgan fingerprint density at radius 1 is 0.756 bits per heavy atom. The normalized spacial score (nSPS) is 16.0. The summed E-state index contributed by atoms with van der Waals surface area (Å²) in [5, 5.41) is 22.0. The Balaban J connectivity index is 0.000000591. The summed E-state index contributed by atoms with van der Waals surface area (Å²) in [7, 11) is 0. The first kappa shape index (κ1) is 33.7. The fourth-order valence-electron chi connectivity index (χ4n) is 5.46. The second kappa shape index (κ2) is 12.7. The summed E-state index contributed by atoms with van der Waals surface area (Å²) < 4.78 is 118. The minimum atomic E-state index is -5.13. The molecule has 4 aromatic rings. The van der Waals surface area contributed by atoms with Gasteiger partial charge in [0.25, 0.3) is 0 Å². The van der Waals surface area contributed by atoms with Crippen LogP contribution in [0.2, 0.25) is 0 Å². The molecule has 0 saturated carbocycles. The van der Waals surface area contributed by atoms with Crippen molar-refractivity contribution in [3.8, 4) is 11.1 Å². The molecule has 0 radical (unpaired) electrons. The van der Waals surface area contributed by atoms with E-state index in [2.05, 4.69) is 10.3 Å². The van der Waals surface area contributed by atoms with Crippen LogP contribution in [0.3, 0.4) is 0 Å². The molecule has 0 bridgehead atoms. The van der Waals surface area contributed by atoms with Gasteiger partial charge in [-0.15, -0.1) is 0 Å². The van der Waals surface area contributed by atoms with Crippen LogP contribution >= 0.6 is 0 Å². The SMILES string of the molecule is O=C(O)C(F)(F)F.OC(c1ccccc1)(c1ccc2nc(C(F)(F)F)c(-c3ccccc3)c(C(F)(F)F)c2c1)C1CCNCC1. The summed E-state index contributed by atoms with van der Waals surface area (Å²) >= 11 is 0. The Bertz CT molecular complexity index is 1630. The topological polar surface area (TPSA) is 82.5 Å². The summed E-state index contributed by atoms with van der Waals surface area (Å²) in [5.41, 5.74) is -5.73. The number of alkyl halides is 9. The lowest BCUT2D eigenvalue weighted by molar-refractivity contribution is -0.192. The quantitative estimate of drug-likeness (QED) is 0.198. The Hall–Kier alpha value is -4.17. The average Bonchev–Trinajstić information content (AvgIpc) is 2.99. The van der Waals surface area contributed by atoms with Crippen molar-refractivity contribution in [2.75, 3.05) is 13.1 Å². The number of carboxylic acid groups (broad SMARTS) is 1. The number of hydrogen-bond donors (Lipinski definition) is 3. The molecule has 1 aliphatic heterocycles. The predicted octanol–water partition coefficient (Wildman–Crippen LogP) is 7.81. The molecule has 5 nitrogen and oxygen atoms in total. The van der Waals surface area contributed by atoms with Crippen molar-refractivity contribution in [2.24, 2.45) is 5.92 Å². The van der Waals surface area contributed by atoms with Gasteiger partial charge in [-0.05, 0) is 60.7 Å². The molecule has 1 fully saturated rings. The molecule has 14 heteroatoms. The number of halogens is 9. The van der Waals surface area contributed by atoms with Crippen LogP contribution in [0, 0.1) is 5.92 Å². The van der Waals surface area contributed by atoms with Gasteiger partial charge in [0.15, 0.2) is 5.69 Å². The third-order valence-corrected chi connectivity index (χ3v) is 7.43. The van der Waals surface area contributed by atoms with Gasteiger partial charge in [0.1, 0.15) is 5.60 Å². The predicted molar refractivity (Wildman–Crippen MR) is 146 cm³/mol. The van der Waals surface area contributed by atoms with Crippen LogP contribution in [0.25, 0.3) is 22.0 Å². The number of carboxylic acids is 1. The highest BCUT2D eigenvalue weighted by Gasteiger charge is 2.46. The minimum Gasteiger partial charge on any atom is -0.475 e. The van der Waals surface area contributed by atoms with Gasteiger partial charge in [-0.3, -0.25) is 0 Å². The monoisotopic (exact) mass is 644 g/mol. The number of carbonyl (C=O) groups is 1. The smallest absolute Gasteiger partial charge is 0.475 e. The zero-order valence-corrected chi connectivity index (χ0v) is 23.1. The largest absolute Gasteiger partial charge is 0.490 e. The van der Waals surface area contributed by atoms with E-state index < -0.39 is 57.8 Å². The van der Waals surface area contributed by atoms with E-state index in [9.17, 15) is 44.6 Å². The van der Waals surface area contributed by atoms with Gasteiger partial charge in [-0.1, -0.05) is 66.7 Å². The molecule has 1 aliphatic rings. The molecule has 240 valence electrons. The molecule has 5 rings (SSSR count). The standard InChI is InChI=1S/C29H24F6N2O.C2HF3O2/c30-28(31,32)25-22-17-21(27(38,19-9-5-2-6-10-19)20-13-15-36-16-14-20)11-12-23(22)37-26(29(33,34)35)24(25)18-7-3-1-4-8-18;3-2(4,5)1(6)7/h1-12,17,20,36,38H,13-16H2;(H,6,7). The molecule has 3 N–H and O–H groups in total. The zero-order valence-electron chi connectivity index (χ0n) is 23.1. The number of fused-ring (bicyclic) bond motifs is 1. The molecule has 45 heavy (non-hydrogen) atoms. The molecule has 0 amide bonds. The van der Waals surface area contributed by atoms with Crippen LogP contribution < -0.4 is 5.32 Å². The maximum Gasteiger partial charge on any atom is 0.490 e. The van der Waals surface area contributed by atoms with Crippen LogP contribution in [0.1, 0.15) is 35.2 Å². The van der Waals surface area contributed by atoms with Gasteiger partial charge >= 0.3 is 24.5 Å². The van der Waals surface area contributed by atoms with Crippen LogP contribution in [0.5, 0.6) is 0 Å². The molecule has 1 atom stereocenters. The van der Waals surface area contributed by atoms with E-state index in [-0.39, 0.29) is 17.0 Å². The summed E-state index contributed by atoms with van der Waals surface area (Å²) in [6.07, 6.45) is -14.2. The van der Waals surface area contributed by atoms with Crippen molar-refractivity contribution >= 4 is 16.9 Å². The number of rotatable bonds is 4. The van der Waals surface area contributed by atoms with E-state index in [1.807, 2.05) is 0 Å². The van der Waals surface area contributed by atoms with Crippen LogP contribution in [0.4, 0.5) is 39.5 Å². The first-order valence-electron chi connectivity index (χ1n) is 13.4. The Morgan fingerprint density at radius 2 is 1.29 bits per heavy atom. The minimum absolute atomic E-state index is 0.175. The van der Waals surface area contributed by atoms with Gasteiger partial charge in [0.2, 0.25) is 0 Å². The first-order chi connectivity index (χ1) is 21.0. The van der Waals surface area contributed by atoms with Gasteiger partial charge in [0, 0.05) is 10.9 Å². The lowest BCUT2D eigenvalue weighted by Crippen LogP contribution is -2.42. The number of nitrogens with zero attached hydrogens (tertiary/aromatic N) is 1. The summed E-state index contributed by atoms with van der Waals surface area (Å²) in [6, 6.07) is 19.0. The molecule has 1 aromatic heterocycles. The second-order valence-corrected chi connectivity index (χ2v) is 10.3. The van der Waals surface area contributed by atoms with Crippen molar-refractivity contribution in [1.29, 1.82) is 0 Å². The van der Waals surface area contributed by atoms with Gasteiger partial charge < -0.3 is 15.5 Å². The lowest BCUT2D eigenvalue weighted by atomic mass is 9.72. The first-order valence-corrected chi connectivity index (χ1v) is 13.4. The highest BCUT2D eigenvalue weighted by molar-refractivity contribution is 5.91. The Labute approximate surface area is 250 Å². The van der Waals surface area contributed by atoms with E-state index >= 15 is 0 Å². The number of pyridine rings is 1. The number of benzene rings is 3. The number of hydrogen-bond acceptors (Lipinski definition) is 4. The number of piperidine rings is 1. The Kier molecular flexibility index (Phi) is 9.50. The molecule has 3 aromatic carbocycles. The average molecular weight is 645 g/mol. The van der Waals surface area contributed by atoms with Gasteiger partial charge in [0.05, 0.1) is 11.1 Å². The zero-order chi connectivity index (χ0) is 33.2. The van der Waals surface area contributed by atoms with Crippen molar-refractivity contribution in [3.05, 3.63) is 101 Å². The molecule has 0 spiro atoms. The fraction of sp³-hybridized carbons (Fsp3) is 0.290. The van der Waals surface area contributed by atoms with E-state index in [0.29, 0.717) is 31.5 Å². The van der Waals surface area contributed by atoms with Crippen LogP contribution in [-0.2, 0) is 22.7 Å². The van der Waals surface area contributed by atoms with E-state index in [4.69, 9.17) is 9.90 Å².